The number of rotatable bonds is 9. The van der Waals surface area contributed by atoms with Crippen LogP contribution in [0.3, 0.4) is 0 Å². The largest absolute Gasteiger partial charge is 0.493 e. The van der Waals surface area contributed by atoms with E-state index >= 15 is 0 Å². The molecule has 0 fully saturated rings. The van der Waals surface area contributed by atoms with Gasteiger partial charge in [0, 0.05) is 6.54 Å². The Morgan fingerprint density at radius 2 is 1.86 bits per heavy atom. The molecule has 124 valence electrons. The van der Waals surface area contributed by atoms with E-state index in [4.69, 9.17) is 4.74 Å². The Labute approximate surface area is 135 Å². The van der Waals surface area contributed by atoms with E-state index in [9.17, 15) is 4.79 Å². The molecule has 1 amide bonds. The van der Waals surface area contributed by atoms with E-state index in [-0.39, 0.29) is 11.3 Å². The molecule has 1 aromatic rings. The quantitative estimate of drug-likeness (QED) is 0.665. The Hall–Kier alpha value is -1.51. The summed E-state index contributed by atoms with van der Waals surface area (Å²) in [5, 5.41) is 2.99. The fraction of sp³-hybridized carbons (Fsp3) is 0.632. The second kappa shape index (κ2) is 9.50. The van der Waals surface area contributed by atoms with Gasteiger partial charge in [0.2, 0.25) is 0 Å². The number of ether oxygens (including phenoxy) is 1. The molecule has 0 aromatic heterocycles. The van der Waals surface area contributed by atoms with Gasteiger partial charge in [-0.25, -0.2) is 0 Å². The maximum atomic E-state index is 12.3. The van der Waals surface area contributed by atoms with Gasteiger partial charge in [-0.1, -0.05) is 59.1 Å². The van der Waals surface area contributed by atoms with Crippen LogP contribution in [-0.2, 0) is 0 Å². The van der Waals surface area contributed by atoms with Crippen LogP contribution in [0.1, 0.15) is 70.2 Å². The molecule has 3 heteroatoms. The first kappa shape index (κ1) is 18.5. The van der Waals surface area contributed by atoms with Crippen molar-refractivity contribution in [1.29, 1.82) is 0 Å². The zero-order valence-electron chi connectivity index (χ0n) is 14.6. The standard InChI is InChI=1S/C19H31NO2/c1-5-6-7-10-15-22-17-12-9-8-11-16(17)18(21)20-14-13-19(2,3)4/h8-9,11-12H,5-7,10,13-15H2,1-4H3,(H,20,21). The number of hydrogen-bond donors (Lipinski definition) is 1. The minimum absolute atomic E-state index is 0.0478. The second-order valence-corrected chi connectivity index (χ2v) is 6.97. The number of carbonyl (C=O) groups is 1. The van der Waals surface area contributed by atoms with Gasteiger partial charge in [0.25, 0.3) is 5.91 Å². The molecule has 0 aliphatic heterocycles. The van der Waals surface area contributed by atoms with Crippen LogP contribution in [0.4, 0.5) is 0 Å². The molecule has 1 N–H and O–H groups in total. The van der Waals surface area contributed by atoms with Gasteiger partial charge in [0.05, 0.1) is 12.2 Å². The summed E-state index contributed by atoms with van der Waals surface area (Å²) in [7, 11) is 0. The fourth-order valence-corrected chi connectivity index (χ4v) is 2.14. The minimum atomic E-state index is -0.0478. The molecule has 22 heavy (non-hydrogen) atoms. The predicted octanol–water partition coefficient (Wildman–Crippen LogP) is 4.81. The molecule has 0 aliphatic carbocycles. The summed E-state index contributed by atoms with van der Waals surface area (Å²) in [6, 6.07) is 7.49. The molecular weight excluding hydrogens is 274 g/mol. The average molecular weight is 305 g/mol. The Balaban J connectivity index is 2.49. The Morgan fingerprint density at radius 3 is 2.55 bits per heavy atom. The van der Waals surface area contributed by atoms with Crippen molar-refractivity contribution in [1.82, 2.24) is 5.32 Å². The van der Waals surface area contributed by atoms with Crippen molar-refractivity contribution in [3.63, 3.8) is 0 Å². The Bertz CT molecular complexity index is 449. The zero-order valence-corrected chi connectivity index (χ0v) is 14.6. The smallest absolute Gasteiger partial charge is 0.255 e. The Kier molecular flexibility index (Phi) is 8.00. The first-order valence-electron chi connectivity index (χ1n) is 8.44. The molecule has 0 atom stereocenters. The molecule has 1 aromatic carbocycles. The van der Waals surface area contributed by atoms with Crippen LogP contribution in [0.2, 0.25) is 0 Å². The number of nitrogens with one attached hydrogen (secondary N) is 1. The van der Waals surface area contributed by atoms with Gasteiger partial charge in [0.15, 0.2) is 0 Å². The highest BCUT2D eigenvalue weighted by molar-refractivity contribution is 5.96. The van der Waals surface area contributed by atoms with Crippen LogP contribution in [0.15, 0.2) is 24.3 Å². The van der Waals surface area contributed by atoms with E-state index in [2.05, 4.69) is 33.0 Å². The number of hydrogen-bond acceptors (Lipinski definition) is 2. The van der Waals surface area contributed by atoms with Crippen LogP contribution in [0.5, 0.6) is 5.75 Å². The normalized spacial score (nSPS) is 11.3. The molecule has 0 spiro atoms. The van der Waals surface area contributed by atoms with Crippen molar-refractivity contribution in [3.05, 3.63) is 29.8 Å². The maximum absolute atomic E-state index is 12.3. The highest BCUT2D eigenvalue weighted by Crippen LogP contribution is 2.20. The lowest BCUT2D eigenvalue weighted by atomic mass is 9.92. The van der Waals surface area contributed by atoms with Crippen molar-refractivity contribution < 1.29 is 9.53 Å². The second-order valence-electron chi connectivity index (χ2n) is 6.97. The monoisotopic (exact) mass is 305 g/mol. The lowest BCUT2D eigenvalue weighted by Gasteiger charge is -2.18. The van der Waals surface area contributed by atoms with Gasteiger partial charge < -0.3 is 10.1 Å². The highest BCUT2D eigenvalue weighted by Gasteiger charge is 2.14. The van der Waals surface area contributed by atoms with Gasteiger partial charge >= 0.3 is 0 Å². The van der Waals surface area contributed by atoms with E-state index in [1.807, 2.05) is 24.3 Å². The fourth-order valence-electron chi connectivity index (χ4n) is 2.14. The van der Waals surface area contributed by atoms with Crippen LogP contribution in [-0.4, -0.2) is 19.1 Å². The zero-order chi connectivity index (χ0) is 16.4. The minimum Gasteiger partial charge on any atom is -0.493 e. The number of unbranched alkanes of at least 4 members (excludes halogenated alkanes) is 3. The van der Waals surface area contributed by atoms with Crippen LogP contribution in [0, 0.1) is 5.41 Å². The third-order valence-electron chi connectivity index (χ3n) is 3.55. The van der Waals surface area contributed by atoms with E-state index in [0.29, 0.717) is 24.5 Å². The SMILES string of the molecule is CCCCCCOc1ccccc1C(=O)NCCC(C)(C)C. The lowest BCUT2D eigenvalue weighted by Crippen LogP contribution is -2.27. The summed E-state index contributed by atoms with van der Waals surface area (Å²) in [4.78, 5) is 12.3. The summed E-state index contributed by atoms with van der Waals surface area (Å²) < 4.78 is 5.79. The van der Waals surface area contributed by atoms with E-state index in [1.54, 1.807) is 0 Å². The lowest BCUT2D eigenvalue weighted by molar-refractivity contribution is 0.0945. The van der Waals surface area contributed by atoms with E-state index in [0.717, 1.165) is 12.8 Å². The first-order valence-corrected chi connectivity index (χ1v) is 8.44. The number of benzene rings is 1. The van der Waals surface area contributed by atoms with Crippen molar-refractivity contribution in [2.24, 2.45) is 5.41 Å². The number of para-hydroxylation sites is 1. The molecule has 0 aliphatic rings. The van der Waals surface area contributed by atoms with Crippen LogP contribution >= 0.6 is 0 Å². The summed E-state index contributed by atoms with van der Waals surface area (Å²) in [6.07, 6.45) is 5.62. The Morgan fingerprint density at radius 1 is 1.14 bits per heavy atom. The molecule has 0 saturated carbocycles. The van der Waals surface area contributed by atoms with Gasteiger partial charge in [-0.2, -0.15) is 0 Å². The van der Waals surface area contributed by atoms with Gasteiger partial charge in [-0.3, -0.25) is 4.79 Å². The summed E-state index contributed by atoms with van der Waals surface area (Å²) >= 11 is 0. The van der Waals surface area contributed by atoms with Crippen LogP contribution in [0.25, 0.3) is 0 Å². The molecule has 1 rings (SSSR count). The molecule has 0 heterocycles. The maximum Gasteiger partial charge on any atom is 0.255 e. The number of amides is 1. The molecule has 3 nitrogen and oxygen atoms in total. The van der Waals surface area contributed by atoms with Crippen molar-refractivity contribution in [2.75, 3.05) is 13.2 Å². The molecule has 0 unspecified atom stereocenters. The van der Waals surface area contributed by atoms with Crippen molar-refractivity contribution in [2.45, 2.75) is 59.8 Å². The third-order valence-corrected chi connectivity index (χ3v) is 3.55. The third kappa shape index (κ3) is 7.48. The van der Waals surface area contributed by atoms with Gasteiger partial charge in [-0.15, -0.1) is 0 Å². The first-order chi connectivity index (χ1) is 10.4. The molecule has 0 bridgehead atoms. The highest BCUT2D eigenvalue weighted by atomic mass is 16.5. The topological polar surface area (TPSA) is 38.3 Å². The summed E-state index contributed by atoms with van der Waals surface area (Å²) in [5.74, 6) is 0.640. The molecule has 0 saturated heterocycles. The summed E-state index contributed by atoms with van der Waals surface area (Å²) in [6.45, 7) is 10.1. The summed E-state index contributed by atoms with van der Waals surface area (Å²) in [5.41, 5.74) is 0.856. The van der Waals surface area contributed by atoms with E-state index in [1.165, 1.54) is 19.3 Å². The average Bonchev–Trinajstić information content (AvgIpc) is 2.46. The van der Waals surface area contributed by atoms with Gasteiger partial charge in [0.1, 0.15) is 5.75 Å². The molecule has 0 radical (unpaired) electrons. The van der Waals surface area contributed by atoms with Crippen molar-refractivity contribution >= 4 is 5.91 Å². The van der Waals surface area contributed by atoms with Gasteiger partial charge in [-0.05, 0) is 30.4 Å². The molecular formula is C19H31NO2. The van der Waals surface area contributed by atoms with Crippen LogP contribution < -0.4 is 10.1 Å². The van der Waals surface area contributed by atoms with Crippen molar-refractivity contribution in [3.8, 4) is 5.75 Å². The number of carbonyl (C=O) groups excluding carboxylic acids is 1. The van der Waals surface area contributed by atoms with E-state index < -0.39 is 0 Å². The predicted molar refractivity (Wildman–Crippen MR) is 92.5 cm³/mol.